The van der Waals surface area contributed by atoms with Crippen LogP contribution in [0.3, 0.4) is 0 Å². The first kappa shape index (κ1) is 8.21. The van der Waals surface area contributed by atoms with E-state index in [-0.39, 0.29) is 5.91 Å². The van der Waals surface area contributed by atoms with Gasteiger partial charge in [-0.15, -0.1) is 0 Å². The largest absolute Gasteiger partial charge is 0.356 e. The van der Waals surface area contributed by atoms with Gasteiger partial charge in [-0.05, 0) is 12.0 Å². The first-order valence-corrected chi connectivity index (χ1v) is 3.06. The molecule has 0 aromatic rings. The molecule has 0 spiro atoms. The van der Waals surface area contributed by atoms with Gasteiger partial charge in [0.1, 0.15) is 0 Å². The van der Waals surface area contributed by atoms with Gasteiger partial charge in [0.15, 0.2) is 0 Å². The quantitative estimate of drug-likeness (QED) is 0.550. The van der Waals surface area contributed by atoms with Crippen LogP contribution in [0.4, 0.5) is 0 Å². The molecule has 0 aromatic carbocycles. The second kappa shape index (κ2) is 4.13. The van der Waals surface area contributed by atoms with Gasteiger partial charge in [0.05, 0.1) is 0 Å². The fraction of sp³-hybridized carbons (Fsp3) is 0.571. The Morgan fingerprint density at radius 2 is 2.11 bits per heavy atom. The molecule has 0 radical (unpaired) electrons. The van der Waals surface area contributed by atoms with E-state index in [0.717, 1.165) is 0 Å². The maximum atomic E-state index is 10.5. The first-order chi connectivity index (χ1) is 4.16. The van der Waals surface area contributed by atoms with Crippen LogP contribution in [0.1, 0.15) is 13.8 Å². The normalized spacial score (nSPS) is 10.7. The van der Waals surface area contributed by atoms with E-state index in [1.54, 1.807) is 13.1 Å². The third kappa shape index (κ3) is 5.07. The van der Waals surface area contributed by atoms with Gasteiger partial charge in [-0.2, -0.15) is 0 Å². The third-order valence-electron chi connectivity index (χ3n) is 0.879. The van der Waals surface area contributed by atoms with Crippen molar-refractivity contribution < 1.29 is 4.79 Å². The predicted octanol–water partition coefficient (Wildman–Crippen LogP) is 0.945. The highest BCUT2D eigenvalue weighted by molar-refractivity contribution is 5.87. The van der Waals surface area contributed by atoms with Crippen LogP contribution in [-0.4, -0.2) is 13.0 Å². The summed E-state index contributed by atoms with van der Waals surface area (Å²) in [4.78, 5) is 10.5. The molecule has 0 aliphatic rings. The van der Waals surface area contributed by atoms with Crippen LogP contribution in [0.15, 0.2) is 12.2 Å². The Morgan fingerprint density at radius 1 is 1.56 bits per heavy atom. The maximum Gasteiger partial charge on any atom is 0.243 e. The molecule has 0 bridgehead atoms. The molecular formula is C7H13NO. The number of rotatable bonds is 2. The average Bonchev–Trinajstić information content (AvgIpc) is 1.83. The second-order valence-electron chi connectivity index (χ2n) is 2.22. The Bertz CT molecular complexity index is 116. The van der Waals surface area contributed by atoms with Gasteiger partial charge in [-0.3, -0.25) is 4.79 Å². The van der Waals surface area contributed by atoms with Crippen molar-refractivity contribution >= 4 is 5.91 Å². The molecule has 0 unspecified atom stereocenters. The molecule has 0 aliphatic carbocycles. The molecule has 0 saturated heterocycles. The fourth-order valence-corrected chi connectivity index (χ4v) is 0.363. The van der Waals surface area contributed by atoms with E-state index >= 15 is 0 Å². The molecule has 52 valence electrons. The van der Waals surface area contributed by atoms with E-state index in [0.29, 0.717) is 5.92 Å². The molecule has 1 amide bonds. The zero-order valence-corrected chi connectivity index (χ0v) is 6.14. The molecule has 0 saturated carbocycles. The van der Waals surface area contributed by atoms with Crippen molar-refractivity contribution in [3.8, 4) is 0 Å². The predicted molar refractivity (Wildman–Crippen MR) is 38.0 cm³/mol. The standard InChI is InChI=1S/C7H13NO/c1-6(2)4-5-7(9)8-3/h4-6H,1-3H3,(H,8,9)/b5-4-. The molecule has 0 fully saturated rings. The van der Waals surface area contributed by atoms with Crippen LogP contribution in [0, 0.1) is 5.92 Å². The van der Waals surface area contributed by atoms with E-state index in [4.69, 9.17) is 0 Å². The average molecular weight is 127 g/mol. The molecular weight excluding hydrogens is 114 g/mol. The minimum Gasteiger partial charge on any atom is -0.356 e. The van der Waals surface area contributed by atoms with Gasteiger partial charge in [-0.1, -0.05) is 19.9 Å². The van der Waals surface area contributed by atoms with Gasteiger partial charge < -0.3 is 5.32 Å². The van der Waals surface area contributed by atoms with Crippen molar-refractivity contribution in [2.24, 2.45) is 5.92 Å². The number of likely N-dealkylation sites (N-methyl/N-ethyl adjacent to an activating group) is 1. The van der Waals surface area contributed by atoms with Crippen LogP contribution in [0.25, 0.3) is 0 Å². The Hall–Kier alpha value is -0.790. The second-order valence-corrected chi connectivity index (χ2v) is 2.22. The van der Waals surface area contributed by atoms with Crippen LogP contribution in [0.2, 0.25) is 0 Å². The number of carbonyl (C=O) groups is 1. The van der Waals surface area contributed by atoms with Crippen molar-refractivity contribution in [1.29, 1.82) is 0 Å². The fourth-order valence-electron chi connectivity index (χ4n) is 0.363. The molecule has 2 nitrogen and oxygen atoms in total. The third-order valence-corrected chi connectivity index (χ3v) is 0.879. The first-order valence-electron chi connectivity index (χ1n) is 3.06. The molecule has 0 aliphatic heterocycles. The zero-order chi connectivity index (χ0) is 7.28. The lowest BCUT2D eigenvalue weighted by atomic mass is 10.2. The smallest absolute Gasteiger partial charge is 0.243 e. The van der Waals surface area contributed by atoms with Crippen LogP contribution in [0.5, 0.6) is 0 Å². The van der Waals surface area contributed by atoms with E-state index in [1.807, 2.05) is 19.9 Å². The molecule has 0 rings (SSSR count). The maximum absolute atomic E-state index is 10.5. The number of amides is 1. The van der Waals surface area contributed by atoms with Gasteiger partial charge >= 0.3 is 0 Å². The Morgan fingerprint density at radius 3 is 2.44 bits per heavy atom. The van der Waals surface area contributed by atoms with Crippen molar-refractivity contribution in [3.63, 3.8) is 0 Å². The topological polar surface area (TPSA) is 29.1 Å². The van der Waals surface area contributed by atoms with Crippen LogP contribution < -0.4 is 5.32 Å². The highest BCUT2D eigenvalue weighted by Crippen LogP contribution is 1.91. The van der Waals surface area contributed by atoms with Crippen molar-refractivity contribution in [1.82, 2.24) is 5.32 Å². The summed E-state index contributed by atoms with van der Waals surface area (Å²) in [6, 6.07) is 0. The minimum absolute atomic E-state index is 0.0382. The van der Waals surface area contributed by atoms with Gasteiger partial charge in [0.25, 0.3) is 0 Å². The molecule has 2 heteroatoms. The monoisotopic (exact) mass is 127 g/mol. The summed E-state index contributed by atoms with van der Waals surface area (Å²) in [6.07, 6.45) is 3.41. The summed E-state index contributed by atoms with van der Waals surface area (Å²) in [5, 5.41) is 2.49. The number of nitrogens with one attached hydrogen (secondary N) is 1. The highest BCUT2D eigenvalue weighted by atomic mass is 16.1. The summed E-state index contributed by atoms with van der Waals surface area (Å²) >= 11 is 0. The molecule has 1 N–H and O–H groups in total. The van der Waals surface area contributed by atoms with E-state index in [1.165, 1.54) is 0 Å². The lowest BCUT2D eigenvalue weighted by Crippen LogP contribution is -2.14. The lowest BCUT2D eigenvalue weighted by Gasteiger charge is -1.92. The summed E-state index contributed by atoms with van der Waals surface area (Å²) in [5.74, 6) is 0.408. The van der Waals surface area contributed by atoms with Crippen molar-refractivity contribution in [3.05, 3.63) is 12.2 Å². The molecule has 0 atom stereocenters. The summed E-state index contributed by atoms with van der Waals surface area (Å²) in [6.45, 7) is 4.05. The highest BCUT2D eigenvalue weighted by Gasteiger charge is 1.88. The Kier molecular flexibility index (Phi) is 3.76. The van der Waals surface area contributed by atoms with Crippen LogP contribution >= 0.6 is 0 Å². The number of hydrogen-bond donors (Lipinski definition) is 1. The van der Waals surface area contributed by atoms with Gasteiger partial charge in [-0.25, -0.2) is 0 Å². The molecule has 0 aromatic heterocycles. The van der Waals surface area contributed by atoms with Crippen LogP contribution in [-0.2, 0) is 4.79 Å². The number of allylic oxidation sites excluding steroid dienone is 1. The SMILES string of the molecule is CNC(=O)/C=C\C(C)C. The van der Waals surface area contributed by atoms with Crippen molar-refractivity contribution in [2.45, 2.75) is 13.8 Å². The number of carbonyl (C=O) groups excluding carboxylic acids is 1. The Labute approximate surface area is 56.0 Å². The van der Waals surface area contributed by atoms with E-state index < -0.39 is 0 Å². The van der Waals surface area contributed by atoms with Gasteiger partial charge in [0, 0.05) is 7.05 Å². The minimum atomic E-state index is -0.0382. The number of hydrogen-bond acceptors (Lipinski definition) is 1. The van der Waals surface area contributed by atoms with Gasteiger partial charge in [0.2, 0.25) is 5.91 Å². The van der Waals surface area contributed by atoms with Crippen molar-refractivity contribution in [2.75, 3.05) is 7.05 Å². The summed E-state index contributed by atoms with van der Waals surface area (Å²) in [7, 11) is 1.62. The van der Waals surface area contributed by atoms with E-state index in [9.17, 15) is 4.79 Å². The lowest BCUT2D eigenvalue weighted by molar-refractivity contribution is -0.116. The summed E-state index contributed by atoms with van der Waals surface area (Å²) < 4.78 is 0. The van der Waals surface area contributed by atoms with E-state index in [2.05, 4.69) is 5.32 Å². The molecule has 0 heterocycles. The zero-order valence-electron chi connectivity index (χ0n) is 6.14. The Balaban J connectivity index is 3.57. The molecule has 9 heavy (non-hydrogen) atoms. The summed E-state index contributed by atoms with van der Waals surface area (Å²) in [5.41, 5.74) is 0.